The van der Waals surface area contributed by atoms with E-state index < -0.39 is 6.04 Å². The van der Waals surface area contributed by atoms with E-state index in [2.05, 4.69) is 5.32 Å². The molecule has 16 heavy (non-hydrogen) atoms. The lowest BCUT2D eigenvalue weighted by molar-refractivity contribution is -0.123. The molecular weight excluding hydrogens is 204 g/mol. The first-order valence-electron chi connectivity index (χ1n) is 5.34. The molecule has 4 heteroatoms. The quantitative estimate of drug-likeness (QED) is 0.659. The molecule has 1 aromatic carbocycles. The maximum absolute atomic E-state index is 11.4. The number of nitrogens with one attached hydrogen (secondary N) is 1. The number of aliphatic hydroxyl groups is 1. The van der Waals surface area contributed by atoms with Gasteiger partial charge in [-0.25, -0.2) is 0 Å². The average Bonchev–Trinajstić information content (AvgIpc) is 2.29. The van der Waals surface area contributed by atoms with E-state index >= 15 is 0 Å². The maximum Gasteiger partial charge on any atom is 0.236 e. The number of aliphatic hydroxyl groups excluding tert-OH is 1. The number of hydrogen-bond donors (Lipinski definition) is 3. The van der Waals surface area contributed by atoms with Gasteiger partial charge in [-0.15, -0.1) is 0 Å². The van der Waals surface area contributed by atoms with Crippen LogP contribution in [-0.2, 0) is 11.2 Å². The summed E-state index contributed by atoms with van der Waals surface area (Å²) in [6.45, 7) is 1.53. The summed E-state index contributed by atoms with van der Waals surface area (Å²) >= 11 is 0. The minimum absolute atomic E-state index is 0.0899. The minimum Gasteiger partial charge on any atom is -0.394 e. The third-order valence-electron chi connectivity index (χ3n) is 2.31. The fraction of sp³-hybridized carbons (Fsp3) is 0.417. The Morgan fingerprint density at radius 3 is 2.56 bits per heavy atom. The lowest BCUT2D eigenvalue weighted by Crippen LogP contribution is -2.46. The van der Waals surface area contributed by atoms with Gasteiger partial charge in [0.05, 0.1) is 18.7 Å². The molecule has 0 spiro atoms. The highest BCUT2D eigenvalue weighted by atomic mass is 16.3. The molecule has 4 N–H and O–H groups in total. The van der Waals surface area contributed by atoms with Crippen LogP contribution in [0.2, 0.25) is 0 Å². The van der Waals surface area contributed by atoms with Crippen LogP contribution in [-0.4, -0.2) is 29.7 Å². The number of carbonyl (C=O) groups is 1. The zero-order valence-electron chi connectivity index (χ0n) is 9.39. The van der Waals surface area contributed by atoms with Crippen LogP contribution in [0.5, 0.6) is 0 Å². The summed E-state index contributed by atoms with van der Waals surface area (Å²) in [5, 5.41) is 11.9. The van der Waals surface area contributed by atoms with Gasteiger partial charge < -0.3 is 16.2 Å². The van der Waals surface area contributed by atoms with Crippen LogP contribution in [0.4, 0.5) is 0 Å². The van der Waals surface area contributed by atoms with Gasteiger partial charge in [0.25, 0.3) is 0 Å². The third-order valence-corrected chi connectivity index (χ3v) is 2.31. The Labute approximate surface area is 95.5 Å². The Morgan fingerprint density at radius 1 is 1.44 bits per heavy atom. The summed E-state index contributed by atoms with van der Waals surface area (Å²) in [6, 6.07) is 8.87. The topological polar surface area (TPSA) is 75.4 Å². The number of hydrogen-bond acceptors (Lipinski definition) is 3. The molecule has 0 unspecified atom stereocenters. The lowest BCUT2D eigenvalue weighted by Gasteiger charge is -2.17. The van der Waals surface area contributed by atoms with E-state index in [1.165, 1.54) is 0 Å². The van der Waals surface area contributed by atoms with Crippen LogP contribution in [0, 0.1) is 0 Å². The molecule has 0 radical (unpaired) electrons. The monoisotopic (exact) mass is 222 g/mol. The van der Waals surface area contributed by atoms with Gasteiger partial charge in [-0.1, -0.05) is 30.3 Å². The van der Waals surface area contributed by atoms with Crippen LogP contribution in [0.3, 0.4) is 0 Å². The largest absolute Gasteiger partial charge is 0.394 e. The summed E-state index contributed by atoms with van der Waals surface area (Å²) in [7, 11) is 0. The second kappa shape index (κ2) is 6.25. The molecule has 0 heterocycles. The van der Waals surface area contributed by atoms with Gasteiger partial charge in [-0.05, 0) is 18.9 Å². The average molecular weight is 222 g/mol. The van der Waals surface area contributed by atoms with E-state index in [4.69, 9.17) is 10.8 Å². The fourth-order valence-corrected chi connectivity index (χ4v) is 1.39. The molecular formula is C12H18N2O2. The number of rotatable bonds is 5. The predicted octanol–water partition coefficient (Wildman–Crippen LogP) is 0.0534. The van der Waals surface area contributed by atoms with Gasteiger partial charge in [0.15, 0.2) is 0 Å². The number of benzene rings is 1. The molecule has 0 fully saturated rings. The zero-order valence-corrected chi connectivity index (χ0v) is 9.39. The Morgan fingerprint density at radius 2 is 2.06 bits per heavy atom. The van der Waals surface area contributed by atoms with Crippen molar-refractivity contribution in [3.63, 3.8) is 0 Å². The molecule has 0 bridgehead atoms. The van der Waals surface area contributed by atoms with Crippen molar-refractivity contribution < 1.29 is 9.90 Å². The number of carbonyl (C=O) groups excluding carboxylic acids is 1. The minimum atomic E-state index is -0.551. The summed E-state index contributed by atoms with van der Waals surface area (Å²) in [5.41, 5.74) is 6.51. The first kappa shape index (κ1) is 12.7. The fourth-order valence-electron chi connectivity index (χ4n) is 1.39. The second-order valence-electron chi connectivity index (χ2n) is 3.87. The molecule has 1 aromatic rings. The van der Waals surface area contributed by atoms with Crippen molar-refractivity contribution in [2.24, 2.45) is 5.73 Å². The molecule has 4 nitrogen and oxygen atoms in total. The molecule has 0 saturated heterocycles. The molecule has 0 aliphatic rings. The summed E-state index contributed by atoms with van der Waals surface area (Å²) in [5.74, 6) is -0.241. The summed E-state index contributed by atoms with van der Waals surface area (Å²) < 4.78 is 0. The first-order chi connectivity index (χ1) is 7.63. The maximum atomic E-state index is 11.4. The summed E-state index contributed by atoms with van der Waals surface area (Å²) in [6.07, 6.45) is 0.607. The normalized spacial score (nSPS) is 14.2. The van der Waals surface area contributed by atoms with Crippen molar-refractivity contribution in [3.8, 4) is 0 Å². The molecule has 1 amide bonds. The van der Waals surface area contributed by atoms with Gasteiger partial charge in [0, 0.05) is 0 Å². The number of nitrogens with two attached hydrogens (primary N) is 1. The molecule has 2 atom stereocenters. The van der Waals surface area contributed by atoms with Crippen molar-refractivity contribution in [2.45, 2.75) is 25.4 Å². The SMILES string of the molecule is C[C@@H](N)C(=O)N[C@@H](CO)Cc1ccccc1. The Kier molecular flexibility index (Phi) is 4.95. The van der Waals surface area contributed by atoms with Crippen LogP contribution >= 0.6 is 0 Å². The molecule has 0 aromatic heterocycles. The Balaban J connectivity index is 2.53. The molecule has 1 rings (SSSR count). The van der Waals surface area contributed by atoms with E-state index in [1.807, 2.05) is 30.3 Å². The summed E-state index contributed by atoms with van der Waals surface area (Å²) in [4.78, 5) is 11.4. The van der Waals surface area contributed by atoms with Gasteiger partial charge in [-0.2, -0.15) is 0 Å². The zero-order chi connectivity index (χ0) is 12.0. The van der Waals surface area contributed by atoms with Crippen LogP contribution in [0.15, 0.2) is 30.3 Å². The van der Waals surface area contributed by atoms with E-state index in [1.54, 1.807) is 6.92 Å². The van der Waals surface area contributed by atoms with Crippen molar-refractivity contribution in [2.75, 3.05) is 6.61 Å². The molecule has 88 valence electrons. The molecule has 0 aliphatic heterocycles. The van der Waals surface area contributed by atoms with Crippen molar-refractivity contribution in [1.82, 2.24) is 5.32 Å². The van der Waals surface area contributed by atoms with Gasteiger partial charge >= 0.3 is 0 Å². The number of amides is 1. The van der Waals surface area contributed by atoms with Crippen LogP contribution in [0.1, 0.15) is 12.5 Å². The van der Waals surface area contributed by atoms with Crippen molar-refractivity contribution in [3.05, 3.63) is 35.9 Å². The smallest absolute Gasteiger partial charge is 0.236 e. The van der Waals surface area contributed by atoms with Gasteiger partial charge in [0.2, 0.25) is 5.91 Å². The standard InChI is InChI=1S/C12H18N2O2/c1-9(13)12(16)14-11(8-15)7-10-5-3-2-4-6-10/h2-6,9,11,15H,7-8,13H2,1H3,(H,14,16)/t9-,11-/m1/s1. The predicted molar refractivity (Wildman–Crippen MR) is 62.8 cm³/mol. The first-order valence-corrected chi connectivity index (χ1v) is 5.34. The lowest BCUT2D eigenvalue weighted by atomic mass is 10.1. The van der Waals surface area contributed by atoms with E-state index in [-0.39, 0.29) is 18.6 Å². The van der Waals surface area contributed by atoms with E-state index in [0.29, 0.717) is 6.42 Å². The van der Waals surface area contributed by atoms with Crippen molar-refractivity contribution in [1.29, 1.82) is 0 Å². The van der Waals surface area contributed by atoms with Crippen molar-refractivity contribution >= 4 is 5.91 Å². The van der Waals surface area contributed by atoms with Crippen LogP contribution < -0.4 is 11.1 Å². The van der Waals surface area contributed by atoms with Gasteiger partial charge in [-0.3, -0.25) is 4.79 Å². The third kappa shape index (κ3) is 4.00. The molecule has 0 aliphatic carbocycles. The van der Waals surface area contributed by atoms with Gasteiger partial charge in [0.1, 0.15) is 0 Å². The molecule has 0 saturated carbocycles. The highest BCUT2D eigenvalue weighted by Gasteiger charge is 2.14. The van der Waals surface area contributed by atoms with E-state index in [0.717, 1.165) is 5.56 Å². The second-order valence-corrected chi connectivity index (χ2v) is 3.87. The van der Waals surface area contributed by atoms with E-state index in [9.17, 15) is 4.79 Å². The highest BCUT2D eigenvalue weighted by molar-refractivity contribution is 5.81. The Hall–Kier alpha value is -1.39. The Bertz CT molecular complexity index is 325. The van der Waals surface area contributed by atoms with Crippen LogP contribution in [0.25, 0.3) is 0 Å². The highest BCUT2D eigenvalue weighted by Crippen LogP contribution is 2.02.